The molecule has 5 N–H and O–H groups in total. The maximum atomic E-state index is 12.1. The van der Waals surface area contributed by atoms with E-state index in [9.17, 15) is 26.4 Å². The molecule has 0 aromatic heterocycles. The van der Waals surface area contributed by atoms with Crippen LogP contribution in [0.4, 0.5) is 23.7 Å². The van der Waals surface area contributed by atoms with Crippen molar-refractivity contribution in [2.45, 2.75) is 44.7 Å². The van der Waals surface area contributed by atoms with Crippen molar-refractivity contribution in [2.24, 2.45) is 5.73 Å². The van der Waals surface area contributed by atoms with Crippen LogP contribution in [0.3, 0.4) is 0 Å². The first-order valence-corrected chi connectivity index (χ1v) is 10.7. The number of amides is 2. The molecule has 0 bridgehead atoms. The molecule has 30 heavy (non-hydrogen) atoms. The quantitative estimate of drug-likeness (QED) is 0.556. The third-order valence-corrected chi connectivity index (χ3v) is 5.62. The van der Waals surface area contributed by atoms with Crippen molar-refractivity contribution in [2.75, 3.05) is 11.9 Å². The molecule has 0 heterocycles. The molecule has 1 aromatic rings. The van der Waals surface area contributed by atoms with Gasteiger partial charge in [-0.15, -0.1) is 0 Å². The minimum Gasteiger partial charge on any atom is -0.475 e. The zero-order valence-corrected chi connectivity index (χ0v) is 16.7. The monoisotopic (exact) mass is 449 g/mol. The lowest BCUT2D eigenvalue weighted by atomic mass is 9.99. The van der Waals surface area contributed by atoms with Crippen LogP contribution < -0.4 is 15.8 Å². The lowest BCUT2D eigenvalue weighted by molar-refractivity contribution is -0.192. The summed E-state index contributed by atoms with van der Waals surface area (Å²) >= 11 is 0. The van der Waals surface area contributed by atoms with Crippen LogP contribution in [0.25, 0.3) is 0 Å². The molecule has 2 aliphatic rings. The summed E-state index contributed by atoms with van der Waals surface area (Å²) in [4.78, 5) is 21.0. The zero-order chi connectivity index (χ0) is 22.5. The van der Waals surface area contributed by atoms with Crippen LogP contribution in [0.2, 0.25) is 0 Å². The number of aliphatic carboxylic acids is 1. The Morgan fingerprint density at radius 3 is 2.03 bits per heavy atom. The van der Waals surface area contributed by atoms with Gasteiger partial charge in [-0.05, 0) is 60.8 Å². The molecule has 0 fully saturated rings. The second kappa shape index (κ2) is 9.47. The van der Waals surface area contributed by atoms with Gasteiger partial charge in [0.25, 0.3) is 10.0 Å². The van der Waals surface area contributed by atoms with Gasteiger partial charge in [-0.2, -0.15) is 13.2 Å². The molecule has 8 nitrogen and oxygen atoms in total. The Morgan fingerprint density at radius 1 is 1.10 bits per heavy atom. The minimum absolute atomic E-state index is 0.0994. The number of hydrogen-bond acceptors (Lipinski definition) is 5. The lowest BCUT2D eigenvalue weighted by Crippen LogP contribution is -2.33. The number of aryl methyl sites for hydroxylation is 2. The summed E-state index contributed by atoms with van der Waals surface area (Å²) < 4.78 is 57.2. The van der Waals surface area contributed by atoms with E-state index >= 15 is 0 Å². The van der Waals surface area contributed by atoms with Gasteiger partial charge in [0.15, 0.2) is 0 Å². The first-order chi connectivity index (χ1) is 13.9. The number of benzene rings is 1. The van der Waals surface area contributed by atoms with E-state index in [1.165, 1.54) is 17.2 Å². The first kappa shape index (κ1) is 23.7. The highest BCUT2D eigenvalue weighted by Crippen LogP contribution is 2.38. The van der Waals surface area contributed by atoms with Gasteiger partial charge < -0.3 is 16.2 Å². The molecule has 1 aromatic carbocycles. The normalized spacial score (nSPS) is 15.2. The van der Waals surface area contributed by atoms with E-state index in [1.807, 2.05) is 4.72 Å². The van der Waals surface area contributed by atoms with E-state index < -0.39 is 28.2 Å². The molecule has 0 radical (unpaired) electrons. The van der Waals surface area contributed by atoms with Crippen LogP contribution in [-0.4, -0.2) is 38.2 Å². The Kier molecular flexibility index (Phi) is 7.48. The van der Waals surface area contributed by atoms with Crippen LogP contribution in [-0.2, 0) is 40.5 Å². The largest absolute Gasteiger partial charge is 0.490 e. The predicted molar refractivity (Wildman–Crippen MR) is 103 cm³/mol. The number of fused-ring (bicyclic) bond motifs is 2. The maximum absolute atomic E-state index is 12.1. The second-order valence-corrected chi connectivity index (χ2v) is 8.31. The third kappa shape index (κ3) is 6.20. The summed E-state index contributed by atoms with van der Waals surface area (Å²) in [6.45, 7) is 0.0994. The molecule has 2 aliphatic carbocycles. The van der Waals surface area contributed by atoms with Crippen molar-refractivity contribution < 1.29 is 36.3 Å². The molecule has 12 heteroatoms. The number of nitrogens with one attached hydrogen (secondary N) is 2. The number of urea groups is 1. The molecule has 0 saturated carbocycles. The maximum Gasteiger partial charge on any atom is 0.490 e. The Morgan fingerprint density at radius 2 is 1.60 bits per heavy atom. The highest BCUT2D eigenvalue weighted by molar-refractivity contribution is 7.92. The Balaban J connectivity index is 0.000000396. The number of nitrogens with two attached hydrogens (primary N) is 1. The molecule has 0 aliphatic heterocycles. The molecule has 0 unspecified atom stereocenters. The van der Waals surface area contributed by atoms with E-state index in [0.29, 0.717) is 0 Å². The number of carboxylic acids is 1. The highest BCUT2D eigenvalue weighted by atomic mass is 32.2. The second-order valence-electron chi connectivity index (χ2n) is 6.75. The van der Waals surface area contributed by atoms with Gasteiger partial charge in [0.2, 0.25) is 0 Å². The fourth-order valence-corrected chi connectivity index (χ4v) is 4.19. The zero-order valence-electron chi connectivity index (χ0n) is 15.9. The van der Waals surface area contributed by atoms with Crippen LogP contribution in [0.15, 0.2) is 17.6 Å². The minimum atomic E-state index is -5.08. The van der Waals surface area contributed by atoms with E-state index in [1.54, 1.807) is 0 Å². The van der Waals surface area contributed by atoms with E-state index in [2.05, 4.69) is 11.4 Å². The molecule has 2 amide bonds. The summed E-state index contributed by atoms with van der Waals surface area (Å²) in [5.74, 6) is -2.76. The summed E-state index contributed by atoms with van der Waals surface area (Å²) in [5, 5.41) is 10.8. The molecule has 166 valence electrons. The molecular formula is C18H22F3N3O5S. The Bertz CT molecular complexity index is 927. The summed E-state index contributed by atoms with van der Waals surface area (Å²) in [6.07, 6.45) is 2.26. The topological polar surface area (TPSA) is 139 Å². The summed E-state index contributed by atoms with van der Waals surface area (Å²) in [7, 11) is -3.81. The number of sulfonamides is 1. The lowest BCUT2D eigenvalue weighted by Gasteiger charge is -2.16. The number of carboxylic acid groups (broad SMARTS) is 1. The summed E-state index contributed by atoms with van der Waals surface area (Å²) in [6, 6.07) is 1.54. The van der Waals surface area contributed by atoms with Crippen molar-refractivity contribution in [3.8, 4) is 0 Å². The molecular weight excluding hydrogens is 427 g/mol. The van der Waals surface area contributed by atoms with E-state index in [-0.39, 0.29) is 6.54 Å². The van der Waals surface area contributed by atoms with Crippen LogP contribution in [0, 0.1) is 0 Å². The first-order valence-electron chi connectivity index (χ1n) is 9.11. The average Bonchev–Trinajstić information content (AvgIpc) is 3.28. The number of rotatable bonds is 4. The number of carbonyl (C=O) groups excluding carboxylic acids is 1. The highest BCUT2D eigenvalue weighted by Gasteiger charge is 2.38. The van der Waals surface area contributed by atoms with Crippen molar-refractivity contribution in [1.29, 1.82) is 0 Å². The number of carbonyl (C=O) groups is 2. The average molecular weight is 449 g/mol. The third-order valence-electron chi connectivity index (χ3n) is 4.60. The van der Waals surface area contributed by atoms with Crippen molar-refractivity contribution in [3.05, 3.63) is 39.8 Å². The van der Waals surface area contributed by atoms with E-state index in [0.717, 1.165) is 60.7 Å². The SMILES string of the molecule is NC/C=C\S(=O)(=O)NC(=O)Nc1c2c(cc3c1CCC3)CCC2.O=C(O)C(F)(F)F. The van der Waals surface area contributed by atoms with Gasteiger partial charge in [0.1, 0.15) is 0 Å². The fraction of sp³-hybridized carbons (Fsp3) is 0.444. The number of hydrogen-bond donors (Lipinski definition) is 4. The predicted octanol–water partition coefficient (Wildman–Crippen LogP) is 2.22. The van der Waals surface area contributed by atoms with Gasteiger partial charge in [-0.3, -0.25) is 0 Å². The standard InChI is InChI=1S/C16H21N3O3S.C2HF3O2/c17-8-3-9-23(21,22)19-16(20)18-15-13-6-1-4-11(13)10-12-5-2-7-14(12)15;3-2(4,5)1(6)7/h3,9-10H,1-2,4-8,17H2,(H2,18,19,20);(H,6,7)/b9-3-;. The van der Waals surface area contributed by atoms with Crippen molar-refractivity contribution in [3.63, 3.8) is 0 Å². The van der Waals surface area contributed by atoms with Gasteiger partial charge in [-0.1, -0.05) is 12.1 Å². The van der Waals surface area contributed by atoms with Crippen LogP contribution >= 0.6 is 0 Å². The van der Waals surface area contributed by atoms with Gasteiger partial charge in [0.05, 0.1) is 0 Å². The molecule has 0 spiro atoms. The van der Waals surface area contributed by atoms with Crippen LogP contribution in [0.5, 0.6) is 0 Å². The summed E-state index contributed by atoms with van der Waals surface area (Å²) in [5.41, 5.74) is 10.9. The van der Waals surface area contributed by atoms with Crippen molar-refractivity contribution in [1.82, 2.24) is 4.72 Å². The number of anilines is 1. The van der Waals surface area contributed by atoms with Crippen molar-refractivity contribution >= 4 is 27.7 Å². The Labute approximate surface area is 171 Å². The van der Waals surface area contributed by atoms with Crippen LogP contribution in [0.1, 0.15) is 35.1 Å². The van der Waals surface area contributed by atoms with Gasteiger partial charge >= 0.3 is 18.2 Å². The van der Waals surface area contributed by atoms with Gasteiger partial charge in [-0.25, -0.2) is 22.7 Å². The smallest absolute Gasteiger partial charge is 0.475 e. The number of halogens is 3. The Hall–Kier alpha value is -2.60. The number of alkyl halides is 3. The molecule has 3 rings (SSSR count). The van der Waals surface area contributed by atoms with E-state index in [4.69, 9.17) is 15.6 Å². The fourth-order valence-electron chi connectivity index (χ4n) is 3.45. The van der Waals surface area contributed by atoms with Gasteiger partial charge in [0, 0.05) is 17.6 Å². The molecule has 0 saturated heterocycles. The molecule has 0 atom stereocenters.